The molecule has 50 valence electrons. The van der Waals surface area contributed by atoms with Gasteiger partial charge in [0.05, 0.1) is 0 Å². The van der Waals surface area contributed by atoms with Crippen LogP contribution in [0.3, 0.4) is 0 Å². The summed E-state index contributed by atoms with van der Waals surface area (Å²) in [5.41, 5.74) is 0. The van der Waals surface area contributed by atoms with Crippen LogP contribution in [0.25, 0.3) is 0 Å². The van der Waals surface area contributed by atoms with Crippen molar-refractivity contribution in [1.29, 1.82) is 0 Å². The van der Waals surface area contributed by atoms with Crippen LogP contribution in [0.15, 0.2) is 12.2 Å². The Morgan fingerprint density at radius 3 is 2.67 bits per heavy atom. The Kier molecular flexibility index (Phi) is 1.70. The van der Waals surface area contributed by atoms with E-state index in [4.69, 9.17) is 0 Å². The van der Waals surface area contributed by atoms with Crippen molar-refractivity contribution in [3.8, 4) is 0 Å². The minimum Gasteiger partial charge on any atom is -0.299 e. The molecule has 0 spiro atoms. The summed E-state index contributed by atoms with van der Waals surface area (Å²) >= 11 is 0. The second-order valence-corrected chi connectivity index (χ2v) is 2.75. The number of allylic oxidation sites excluding steroid dienone is 2. The van der Waals surface area contributed by atoms with Crippen LogP contribution in [0.1, 0.15) is 20.3 Å². The van der Waals surface area contributed by atoms with Gasteiger partial charge >= 0.3 is 0 Å². The molecule has 1 heteroatoms. The summed E-state index contributed by atoms with van der Waals surface area (Å²) in [5.74, 6) is 1.08. The van der Waals surface area contributed by atoms with Crippen molar-refractivity contribution in [2.45, 2.75) is 20.3 Å². The monoisotopic (exact) mass is 124 g/mol. The van der Waals surface area contributed by atoms with Crippen molar-refractivity contribution in [2.75, 3.05) is 0 Å². The smallest absolute Gasteiger partial charge is 0.140 e. The molecule has 0 unspecified atom stereocenters. The van der Waals surface area contributed by atoms with Gasteiger partial charge in [0.25, 0.3) is 0 Å². The molecule has 0 radical (unpaired) electrons. The number of ketones is 1. The van der Waals surface area contributed by atoms with E-state index in [0.717, 1.165) is 0 Å². The Morgan fingerprint density at radius 2 is 2.22 bits per heavy atom. The van der Waals surface area contributed by atoms with Crippen LogP contribution in [0, 0.1) is 11.8 Å². The third kappa shape index (κ3) is 1.21. The van der Waals surface area contributed by atoms with Crippen molar-refractivity contribution in [2.24, 2.45) is 11.8 Å². The van der Waals surface area contributed by atoms with E-state index in [1.807, 2.05) is 13.0 Å². The first-order valence-electron chi connectivity index (χ1n) is 3.41. The van der Waals surface area contributed by atoms with Crippen LogP contribution in [0.2, 0.25) is 0 Å². The molecule has 0 saturated heterocycles. The van der Waals surface area contributed by atoms with E-state index in [1.165, 1.54) is 0 Å². The lowest BCUT2D eigenvalue weighted by atomic mass is 9.86. The fraction of sp³-hybridized carbons (Fsp3) is 0.625. The number of rotatable bonds is 0. The zero-order chi connectivity index (χ0) is 6.85. The molecule has 1 aliphatic carbocycles. The van der Waals surface area contributed by atoms with Gasteiger partial charge in [0.15, 0.2) is 0 Å². The Hall–Kier alpha value is -0.590. The zero-order valence-electron chi connectivity index (χ0n) is 5.92. The summed E-state index contributed by atoms with van der Waals surface area (Å²) in [6, 6.07) is 0. The van der Waals surface area contributed by atoms with Gasteiger partial charge in [-0.25, -0.2) is 0 Å². The molecule has 1 rings (SSSR count). The average molecular weight is 124 g/mol. The van der Waals surface area contributed by atoms with Crippen LogP contribution < -0.4 is 0 Å². The highest BCUT2D eigenvalue weighted by Gasteiger charge is 2.19. The van der Waals surface area contributed by atoms with Crippen molar-refractivity contribution in [1.82, 2.24) is 0 Å². The molecule has 0 N–H and O–H groups in total. The normalized spacial score (nSPS) is 35.1. The second-order valence-electron chi connectivity index (χ2n) is 2.75. The molecular formula is C8H12O. The van der Waals surface area contributed by atoms with E-state index in [1.54, 1.807) is 0 Å². The van der Waals surface area contributed by atoms with E-state index in [0.29, 0.717) is 18.1 Å². The molecule has 0 aromatic rings. The SMILES string of the molecule is C[C@@H]1C(=O)CC=C[C@@H]1C. The molecule has 0 aromatic carbocycles. The lowest BCUT2D eigenvalue weighted by molar-refractivity contribution is -0.122. The van der Waals surface area contributed by atoms with E-state index < -0.39 is 0 Å². The highest BCUT2D eigenvalue weighted by Crippen LogP contribution is 2.19. The van der Waals surface area contributed by atoms with Gasteiger partial charge in [0.1, 0.15) is 5.78 Å². The third-order valence-electron chi connectivity index (χ3n) is 2.06. The minimum atomic E-state index is 0.245. The fourth-order valence-corrected chi connectivity index (χ4v) is 1.04. The zero-order valence-corrected chi connectivity index (χ0v) is 5.92. The topological polar surface area (TPSA) is 17.1 Å². The van der Waals surface area contributed by atoms with E-state index in [9.17, 15) is 4.79 Å². The maximum absolute atomic E-state index is 11.0. The predicted molar refractivity (Wildman–Crippen MR) is 37.1 cm³/mol. The van der Waals surface area contributed by atoms with Crippen LogP contribution in [0.5, 0.6) is 0 Å². The summed E-state index contributed by atoms with van der Waals surface area (Å²) in [6.45, 7) is 4.08. The van der Waals surface area contributed by atoms with E-state index in [-0.39, 0.29) is 5.92 Å². The second kappa shape index (κ2) is 2.34. The summed E-state index contributed by atoms with van der Waals surface area (Å²) < 4.78 is 0. The molecule has 2 atom stereocenters. The first-order chi connectivity index (χ1) is 4.22. The standard InChI is InChI=1S/C8H12O/c1-6-4-3-5-8(9)7(6)2/h3-4,6-7H,5H2,1-2H3/t6-,7-/m0/s1. The number of carbonyl (C=O) groups excluding carboxylic acids is 1. The van der Waals surface area contributed by atoms with Crippen molar-refractivity contribution in [3.05, 3.63) is 12.2 Å². The van der Waals surface area contributed by atoms with Gasteiger partial charge in [0, 0.05) is 12.3 Å². The van der Waals surface area contributed by atoms with Crippen molar-refractivity contribution < 1.29 is 4.79 Å². The van der Waals surface area contributed by atoms with Gasteiger partial charge in [-0.2, -0.15) is 0 Å². The first-order valence-corrected chi connectivity index (χ1v) is 3.41. The van der Waals surface area contributed by atoms with Gasteiger partial charge in [0.2, 0.25) is 0 Å². The number of Topliss-reactive ketones (excluding diaryl/α,β-unsaturated/α-hetero) is 1. The molecule has 1 aliphatic rings. The van der Waals surface area contributed by atoms with Crippen molar-refractivity contribution in [3.63, 3.8) is 0 Å². The molecule has 1 nitrogen and oxygen atoms in total. The maximum Gasteiger partial charge on any atom is 0.140 e. The molecule has 9 heavy (non-hydrogen) atoms. The molecule has 0 bridgehead atoms. The van der Waals surface area contributed by atoms with Gasteiger partial charge in [-0.05, 0) is 5.92 Å². The summed E-state index contributed by atoms with van der Waals surface area (Å²) in [5, 5.41) is 0. The first kappa shape index (κ1) is 6.53. The van der Waals surface area contributed by atoms with Gasteiger partial charge in [-0.15, -0.1) is 0 Å². The summed E-state index contributed by atoms with van der Waals surface area (Å²) in [4.78, 5) is 11.0. The maximum atomic E-state index is 11.0. The molecular weight excluding hydrogens is 112 g/mol. The van der Waals surface area contributed by atoms with Crippen molar-refractivity contribution >= 4 is 5.78 Å². The number of hydrogen-bond donors (Lipinski definition) is 0. The Bertz CT molecular complexity index is 147. The molecule has 0 saturated carbocycles. The molecule has 0 aliphatic heterocycles. The van der Waals surface area contributed by atoms with E-state index in [2.05, 4.69) is 13.0 Å². The average Bonchev–Trinajstić information content (AvgIpc) is 1.83. The predicted octanol–water partition coefficient (Wildman–Crippen LogP) is 1.79. The molecule has 0 heterocycles. The largest absolute Gasteiger partial charge is 0.299 e. The van der Waals surface area contributed by atoms with Crippen LogP contribution in [-0.2, 0) is 4.79 Å². The molecule has 0 fully saturated rings. The fourth-order valence-electron chi connectivity index (χ4n) is 1.04. The van der Waals surface area contributed by atoms with E-state index >= 15 is 0 Å². The Labute approximate surface area is 55.8 Å². The highest BCUT2D eigenvalue weighted by atomic mass is 16.1. The number of hydrogen-bond acceptors (Lipinski definition) is 1. The Morgan fingerprint density at radius 1 is 1.56 bits per heavy atom. The number of carbonyl (C=O) groups is 1. The Balaban J connectivity index is 2.69. The molecule has 0 amide bonds. The van der Waals surface area contributed by atoms with Gasteiger partial charge in [-0.3, -0.25) is 4.79 Å². The summed E-state index contributed by atoms with van der Waals surface area (Å²) in [7, 11) is 0. The van der Waals surface area contributed by atoms with Gasteiger partial charge < -0.3 is 0 Å². The lowest BCUT2D eigenvalue weighted by Crippen LogP contribution is -2.19. The highest BCUT2D eigenvalue weighted by molar-refractivity contribution is 5.83. The van der Waals surface area contributed by atoms with Gasteiger partial charge in [-0.1, -0.05) is 26.0 Å². The third-order valence-corrected chi connectivity index (χ3v) is 2.06. The minimum absolute atomic E-state index is 0.245. The van der Waals surface area contributed by atoms with Crippen LogP contribution >= 0.6 is 0 Å². The quantitative estimate of drug-likeness (QED) is 0.450. The summed E-state index contributed by atoms with van der Waals surface area (Å²) in [6.07, 6.45) is 4.73. The lowest BCUT2D eigenvalue weighted by Gasteiger charge is -2.17. The van der Waals surface area contributed by atoms with Crippen LogP contribution in [0.4, 0.5) is 0 Å². The van der Waals surface area contributed by atoms with Crippen LogP contribution in [-0.4, -0.2) is 5.78 Å². The molecule has 0 aromatic heterocycles.